The minimum absolute atomic E-state index is 0.0102. The molecule has 1 heterocycles. The number of carbonyl (C=O) groups excluding carboxylic acids is 4. The summed E-state index contributed by atoms with van der Waals surface area (Å²) in [4.78, 5) is 45.8. The van der Waals surface area contributed by atoms with Crippen LogP contribution in [0.5, 0.6) is 11.5 Å². The molecule has 0 spiro atoms. The van der Waals surface area contributed by atoms with Crippen molar-refractivity contribution in [3.05, 3.63) is 59.3 Å². The van der Waals surface area contributed by atoms with Crippen LogP contribution in [0.1, 0.15) is 34.6 Å². The molecule has 1 saturated heterocycles. The van der Waals surface area contributed by atoms with E-state index < -0.39 is 29.7 Å². The number of benzene rings is 2. The Morgan fingerprint density at radius 2 is 1.40 bits per heavy atom. The maximum atomic E-state index is 11.7. The van der Waals surface area contributed by atoms with Crippen LogP contribution in [0.15, 0.2) is 48.2 Å². The standard InChI is InChI=1S/C15H15NO7.C8H9NO3/c1-15(2)22-13(19)10(14(20)23-15)7-16-8-4-5-9(11(17)6-8)12(18)21-3;1-12-8(11)6-3-2-5(9)4-7(6)10/h4-7,16-17H,1-3H3;2-4,10H,9H2,1H3. The van der Waals surface area contributed by atoms with Crippen molar-refractivity contribution in [2.24, 2.45) is 0 Å². The van der Waals surface area contributed by atoms with Gasteiger partial charge in [0.15, 0.2) is 5.57 Å². The van der Waals surface area contributed by atoms with Gasteiger partial charge < -0.3 is 40.2 Å². The number of esters is 4. The number of phenols is 2. The second-order valence-electron chi connectivity index (χ2n) is 7.37. The summed E-state index contributed by atoms with van der Waals surface area (Å²) in [5.41, 5.74) is 5.89. The lowest BCUT2D eigenvalue weighted by molar-refractivity contribution is -0.222. The summed E-state index contributed by atoms with van der Waals surface area (Å²) in [6.45, 7) is 2.88. The lowest BCUT2D eigenvalue weighted by atomic mass is 10.2. The molecule has 3 rings (SSSR count). The smallest absolute Gasteiger partial charge is 0.350 e. The van der Waals surface area contributed by atoms with E-state index in [0.29, 0.717) is 11.4 Å². The number of nitrogens with one attached hydrogen (secondary N) is 1. The molecule has 186 valence electrons. The van der Waals surface area contributed by atoms with Crippen LogP contribution in [0.4, 0.5) is 11.4 Å². The third-order valence-electron chi connectivity index (χ3n) is 4.33. The van der Waals surface area contributed by atoms with Gasteiger partial charge in [-0.25, -0.2) is 19.2 Å². The van der Waals surface area contributed by atoms with E-state index in [1.165, 1.54) is 64.5 Å². The monoisotopic (exact) mass is 488 g/mol. The topological polar surface area (TPSA) is 184 Å². The lowest BCUT2D eigenvalue weighted by Crippen LogP contribution is -2.42. The van der Waals surface area contributed by atoms with Crippen LogP contribution in [0.2, 0.25) is 0 Å². The van der Waals surface area contributed by atoms with Gasteiger partial charge in [0, 0.05) is 43.6 Å². The Hall–Kier alpha value is -4.74. The predicted molar refractivity (Wildman–Crippen MR) is 121 cm³/mol. The van der Waals surface area contributed by atoms with E-state index in [1.807, 2.05) is 0 Å². The Balaban J connectivity index is 0.000000303. The van der Waals surface area contributed by atoms with Crippen molar-refractivity contribution in [3.63, 3.8) is 0 Å². The minimum Gasteiger partial charge on any atom is -0.507 e. The van der Waals surface area contributed by atoms with Crippen molar-refractivity contribution in [1.29, 1.82) is 0 Å². The number of cyclic esters (lactones) is 2. The summed E-state index contributed by atoms with van der Waals surface area (Å²) in [5, 5.41) is 21.6. The van der Waals surface area contributed by atoms with E-state index in [2.05, 4.69) is 14.8 Å². The molecule has 0 bridgehead atoms. The lowest BCUT2D eigenvalue weighted by Gasteiger charge is -2.29. The van der Waals surface area contributed by atoms with Gasteiger partial charge in [-0.05, 0) is 24.3 Å². The molecule has 2 aromatic rings. The average Bonchev–Trinajstić information content (AvgIpc) is 2.77. The average molecular weight is 488 g/mol. The number of ether oxygens (including phenoxy) is 4. The van der Waals surface area contributed by atoms with Gasteiger partial charge in [0.2, 0.25) is 0 Å². The first-order valence-electron chi connectivity index (χ1n) is 9.90. The van der Waals surface area contributed by atoms with E-state index in [-0.39, 0.29) is 28.2 Å². The molecular formula is C23H24N2O10. The molecule has 0 unspecified atom stereocenters. The minimum atomic E-state index is -1.31. The van der Waals surface area contributed by atoms with Crippen molar-refractivity contribution in [2.75, 3.05) is 25.3 Å². The predicted octanol–water partition coefficient (Wildman–Crippen LogP) is 2.07. The number of hydrogen-bond acceptors (Lipinski definition) is 12. The van der Waals surface area contributed by atoms with Gasteiger partial charge >= 0.3 is 23.9 Å². The number of phenolic OH excluding ortho intramolecular Hbond substituents is 2. The maximum absolute atomic E-state index is 11.7. The van der Waals surface area contributed by atoms with Crippen LogP contribution in [0, 0.1) is 0 Å². The normalized spacial score (nSPS) is 13.9. The Bertz CT molecular complexity index is 1160. The molecule has 35 heavy (non-hydrogen) atoms. The molecular weight excluding hydrogens is 464 g/mol. The van der Waals surface area contributed by atoms with Crippen LogP contribution in [0.25, 0.3) is 0 Å². The van der Waals surface area contributed by atoms with Crippen molar-refractivity contribution in [2.45, 2.75) is 19.6 Å². The van der Waals surface area contributed by atoms with Gasteiger partial charge in [0.25, 0.3) is 5.79 Å². The Morgan fingerprint density at radius 3 is 1.86 bits per heavy atom. The molecule has 0 radical (unpaired) electrons. The zero-order valence-electron chi connectivity index (χ0n) is 19.3. The molecule has 5 N–H and O–H groups in total. The molecule has 0 aromatic heterocycles. The number of methoxy groups -OCH3 is 2. The maximum Gasteiger partial charge on any atom is 0.350 e. The van der Waals surface area contributed by atoms with Crippen LogP contribution < -0.4 is 11.1 Å². The highest BCUT2D eigenvalue weighted by atomic mass is 16.7. The molecule has 1 fully saturated rings. The first-order chi connectivity index (χ1) is 16.4. The zero-order valence-corrected chi connectivity index (χ0v) is 19.3. The zero-order chi connectivity index (χ0) is 26.3. The number of rotatable bonds is 4. The van der Waals surface area contributed by atoms with Gasteiger partial charge in [0.05, 0.1) is 14.2 Å². The van der Waals surface area contributed by atoms with Crippen molar-refractivity contribution < 1.29 is 48.3 Å². The fourth-order valence-electron chi connectivity index (χ4n) is 2.67. The summed E-state index contributed by atoms with van der Waals surface area (Å²) in [7, 11) is 2.44. The number of hydrogen-bond donors (Lipinski definition) is 4. The van der Waals surface area contributed by atoms with Gasteiger partial charge in [-0.15, -0.1) is 0 Å². The molecule has 12 heteroatoms. The highest BCUT2D eigenvalue weighted by Gasteiger charge is 2.38. The summed E-state index contributed by atoms with van der Waals surface area (Å²) < 4.78 is 18.8. The van der Waals surface area contributed by atoms with Gasteiger partial charge in [-0.2, -0.15) is 0 Å². The van der Waals surface area contributed by atoms with Crippen molar-refractivity contribution in [3.8, 4) is 11.5 Å². The first-order valence-corrected chi connectivity index (χ1v) is 9.90. The summed E-state index contributed by atoms with van der Waals surface area (Å²) in [6.07, 6.45) is 1.10. The largest absolute Gasteiger partial charge is 0.507 e. The fraction of sp³-hybridized carbons (Fsp3) is 0.217. The van der Waals surface area contributed by atoms with Crippen LogP contribution in [0.3, 0.4) is 0 Å². The highest BCUT2D eigenvalue weighted by molar-refractivity contribution is 6.15. The summed E-state index contributed by atoms with van der Waals surface area (Å²) in [6, 6.07) is 8.27. The molecule has 2 aromatic carbocycles. The van der Waals surface area contributed by atoms with E-state index in [4.69, 9.17) is 15.2 Å². The summed E-state index contributed by atoms with van der Waals surface area (Å²) >= 11 is 0. The molecule has 1 aliphatic heterocycles. The van der Waals surface area contributed by atoms with Crippen molar-refractivity contribution in [1.82, 2.24) is 0 Å². The van der Waals surface area contributed by atoms with E-state index >= 15 is 0 Å². The first kappa shape index (κ1) is 26.5. The highest BCUT2D eigenvalue weighted by Crippen LogP contribution is 2.25. The third-order valence-corrected chi connectivity index (χ3v) is 4.33. The third kappa shape index (κ3) is 6.87. The van der Waals surface area contributed by atoms with Crippen molar-refractivity contribution >= 4 is 35.3 Å². The summed E-state index contributed by atoms with van der Waals surface area (Å²) in [5.74, 6) is -4.70. The van der Waals surface area contributed by atoms with E-state index in [0.717, 1.165) is 6.20 Å². The second kappa shape index (κ2) is 10.9. The van der Waals surface area contributed by atoms with Crippen LogP contribution in [-0.4, -0.2) is 54.1 Å². The number of aromatic hydroxyl groups is 2. The molecule has 0 atom stereocenters. The Morgan fingerprint density at radius 1 is 0.914 bits per heavy atom. The number of nitrogen functional groups attached to an aromatic ring is 1. The fourth-order valence-corrected chi connectivity index (χ4v) is 2.67. The quantitative estimate of drug-likeness (QED) is 0.162. The van der Waals surface area contributed by atoms with Crippen LogP contribution in [-0.2, 0) is 28.5 Å². The van der Waals surface area contributed by atoms with E-state index in [1.54, 1.807) is 0 Å². The van der Waals surface area contributed by atoms with Gasteiger partial charge in [-0.3, -0.25) is 0 Å². The van der Waals surface area contributed by atoms with Gasteiger partial charge in [-0.1, -0.05) is 0 Å². The van der Waals surface area contributed by atoms with E-state index in [9.17, 15) is 29.4 Å². The Labute approximate surface area is 199 Å². The second-order valence-corrected chi connectivity index (χ2v) is 7.37. The van der Waals surface area contributed by atoms with Gasteiger partial charge in [0.1, 0.15) is 22.6 Å². The Kier molecular flexibility index (Phi) is 8.27. The molecule has 0 aliphatic carbocycles. The molecule has 0 amide bonds. The SMILES string of the molecule is COC(=O)c1ccc(N)cc1O.COC(=O)c1ccc(NC=C2C(=O)OC(C)(C)OC2=O)cc1O. The molecule has 0 saturated carbocycles. The molecule has 12 nitrogen and oxygen atoms in total. The molecule has 1 aliphatic rings. The van der Waals surface area contributed by atoms with Crippen LogP contribution >= 0.6 is 0 Å². The number of carbonyl (C=O) groups is 4. The number of anilines is 2. The number of nitrogens with two attached hydrogens (primary N) is 1.